The fourth-order valence-electron chi connectivity index (χ4n) is 2.88. The second-order valence-electron chi connectivity index (χ2n) is 9.15. The van der Waals surface area contributed by atoms with Crippen molar-refractivity contribution < 1.29 is 22.8 Å². The van der Waals surface area contributed by atoms with E-state index in [2.05, 4.69) is 38.8 Å². The first-order chi connectivity index (χ1) is 15.5. The zero-order valence-electron chi connectivity index (χ0n) is 21.2. The van der Waals surface area contributed by atoms with Crippen molar-refractivity contribution in [1.29, 1.82) is 0 Å². The van der Waals surface area contributed by atoms with Gasteiger partial charge in [-0.25, -0.2) is 4.57 Å². The number of hydrogen-bond acceptors (Lipinski definition) is 6. The van der Waals surface area contributed by atoms with E-state index in [1.807, 2.05) is 38.1 Å². The van der Waals surface area contributed by atoms with E-state index >= 15 is 0 Å². The lowest BCUT2D eigenvalue weighted by Gasteiger charge is -2.37. The normalized spacial score (nSPS) is 14.5. The lowest BCUT2D eigenvalue weighted by atomic mass is 10.1. The number of rotatable bonds is 11. The summed E-state index contributed by atoms with van der Waals surface area (Å²) in [7, 11) is -5.75. The molecule has 182 valence electrons. The zero-order chi connectivity index (χ0) is 24.7. The first-order valence-corrected chi connectivity index (χ1v) is 15.9. The first-order valence-electron chi connectivity index (χ1n) is 11.5. The molecule has 0 bridgehead atoms. The van der Waals surface area contributed by atoms with E-state index in [9.17, 15) is 4.57 Å². The van der Waals surface area contributed by atoms with Crippen LogP contribution in [0.1, 0.15) is 53.5 Å². The molecular weight excluding hydrogens is 453 g/mol. The van der Waals surface area contributed by atoms with Gasteiger partial charge in [0.1, 0.15) is 11.5 Å². The minimum Gasteiger partial charge on any atom is -0.541 e. The number of aromatic nitrogens is 1. The molecule has 1 aromatic heterocycles. The average molecular weight is 492 g/mol. The molecule has 0 saturated carbocycles. The van der Waals surface area contributed by atoms with Crippen LogP contribution in [0, 0.1) is 0 Å². The SMILES string of the molecule is CC/C=C(\c1ccc(O[Si](C)(C)C(C)(C)C)c(OCC)c1)P(=O)(OCC)Oc1cccnc1. The molecule has 0 saturated heterocycles. The Kier molecular flexibility index (Phi) is 9.35. The van der Waals surface area contributed by atoms with Gasteiger partial charge in [-0.15, -0.1) is 0 Å². The van der Waals surface area contributed by atoms with E-state index in [0.717, 1.165) is 0 Å². The molecule has 2 aromatic rings. The fourth-order valence-corrected chi connectivity index (χ4v) is 5.79. The Morgan fingerprint density at radius 3 is 2.36 bits per heavy atom. The molecule has 0 spiro atoms. The Balaban J connectivity index is 2.54. The van der Waals surface area contributed by atoms with Gasteiger partial charge in [0.2, 0.25) is 0 Å². The minimum atomic E-state index is -3.68. The van der Waals surface area contributed by atoms with Crippen LogP contribution in [-0.2, 0) is 9.09 Å². The molecule has 0 radical (unpaired) electrons. The third-order valence-electron chi connectivity index (χ3n) is 5.56. The Labute approximate surface area is 200 Å². The summed E-state index contributed by atoms with van der Waals surface area (Å²) in [6.45, 7) is 17.4. The van der Waals surface area contributed by atoms with Crippen LogP contribution >= 0.6 is 7.60 Å². The summed E-state index contributed by atoms with van der Waals surface area (Å²) < 4.78 is 38.1. The van der Waals surface area contributed by atoms with E-state index in [-0.39, 0.29) is 11.6 Å². The van der Waals surface area contributed by atoms with Crippen LogP contribution in [0.15, 0.2) is 48.8 Å². The van der Waals surface area contributed by atoms with Crippen LogP contribution in [0.4, 0.5) is 0 Å². The van der Waals surface area contributed by atoms with E-state index < -0.39 is 15.9 Å². The van der Waals surface area contributed by atoms with Crippen molar-refractivity contribution in [1.82, 2.24) is 4.98 Å². The highest BCUT2D eigenvalue weighted by atomic mass is 31.2. The van der Waals surface area contributed by atoms with Gasteiger partial charge < -0.3 is 13.7 Å². The van der Waals surface area contributed by atoms with Crippen molar-refractivity contribution >= 4 is 21.2 Å². The van der Waals surface area contributed by atoms with Crippen molar-refractivity contribution in [3.63, 3.8) is 0 Å². The number of ether oxygens (including phenoxy) is 1. The molecule has 1 unspecified atom stereocenters. The summed E-state index contributed by atoms with van der Waals surface area (Å²) in [4.78, 5) is 4.06. The quantitative estimate of drug-likeness (QED) is 0.235. The average Bonchev–Trinajstić information content (AvgIpc) is 2.73. The lowest BCUT2D eigenvalue weighted by molar-refractivity contribution is 0.289. The largest absolute Gasteiger partial charge is 0.541 e. The summed E-state index contributed by atoms with van der Waals surface area (Å²) in [5, 5.41) is 0.542. The van der Waals surface area contributed by atoms with Gasteiger partial charge in [-0.05, 0) is 68.2 Å². The first kappa shape index (κ1) is 27.2. The molecule has 6 nitrogen and oxygen atoms in total. The van der Waals surface area contributed by atoms with Crippen LogP contribution in [-0.4, -0.2) is 26.5 Å². The van der Waals surface area contributed by atoms with Gasteiger partial charge in [-0.3, -0.25) is 9.51 Å². The van der Waals surface area contributed by atoms with E-state index in [1.165, 1.54) is 6.20 Å². The second kappa shape index (κ2) is 11.4. The number of nitrogens with zero attached hydrogens (tertiary/aromatic N) is 1. The highest BCUT2D eigenvalue weighted by Crippen LogP contribution is 2.60. The van der Waals surface area contributed by atoms with Crippen LogP contribution < -0.4 is 13.7 Å². The van der Waals surface area contributed by atoms with Gasteiger partial charge in [-0.1, -0.05) is 39.8 Å². The maximum atomic E-state index is 14.0. The molecule has 1 aromatic carbocycles. The van der Waals surface area contributed by atoms with Crippen molar-refractivity contribution in [2.24, 2.45) is 0 Å². The summed E-state index contributed by atoms with van der Waals surface area (Å²) in [6, 6.07) is 9.10. The third-order valence-corrected chi connectivity index (χ3v) is 12.0. The van der Waals surface area contributed by atoms with Gasteiger partial charge in [0, 0.05) is 6.20 Å². The van der Waals surface area contributed by atoms with E-state index in [4.69, 9.17) is 18.2 Å². The molecule has 33 heavy (non-hydrogen) atoms. The van der Waals surface area contributed by atoms with E-state index in [0.29, 0.717) is 41.2 Å². The van der Waals surface area contributed by atoms with Crippen LogP contribution in [0.2, 0.25) is 18.1 Å². The molecule has 0 aliphatic carbocycles. The van der Waals surface area contributed by atoms with Crippen LogP contribution in [0.25, 0.3) is 5.31 Å². The minimum absolute atomic E-state index is 0.0463. The van der Waals surface area contributed by atoms with Crippen LogP contribution in [0.3, 0.4) is 0 Å². The number of pyridine rings is 1. The number of allylic oxidation sites excluding steroid dienone is 1. The zero-order valence-corrected chi connectivity index (χ0v) is 23.1. The summed E-state index contributed by atoms with van der Waals surface area (Å²) in [5.74, 6) is 1.70. The molecule has 0 amide bonds. The highest BCUT2D eigenvalue weighted by molar-refractivity contribution is 7.65. The third kappa shape index (κ3) is 6.95. The van der Waals surface area contributed by atoms with Gasteiger partial charge in [0.05, 0.1) is 24.7 Å². The molecule has 0 aliphatic heterocycles. The highest BCUT2D eigenvalue weighted by Gasteiger charge is 2.40. The van der Waals surface area contributed by atoms with Crippen LogP contribution in [0.5, 0.6) is 17.2 Å². The predicted octanol–water partition coefficient (Wildman–Crippen LogP) is 7.92. The molecule has 0 aliphatic rings. The fraction of sp³-hybridized carbons (Fsp3) is 0.480. The lowest BCUT2D eigenvalue weighted by Crippen LogP contribution is -2.43. The van der Waals surface area contributed by atoms with Gasteiger partial charge in [0.15, 0.2) is 5.75 Å². The topological polar surface area (TPSA) is 66.9 Å². The monoisotopic (exact) mass is 491 g/mol. The molecule has 2 rings (SSSR count). The standard InChI is InChI=1S/C25H38NO5PSi/c1-9-13-24(32(27,29-11-3)30-21-14-12-17-26-19-21)20-15-16-22(23(18-20)28-10-2)31-33(7,8)25(4,5)6/h12-19H,9-11H2,1-8H3/b24-13+. The Morgan fingerprint density at radius 2 is 1.82 bits per heavy atom. The Hall–Kier alpha value is -2.08. The smallest absolute Gasteiger partial charge is 0.411 e. The maximum Gasteiger partial charge on any atom is 0.411 e. The molecule has 0 N–H and O–H groups in total. The summed E-state index contributed by atoms with van der Waals surface area (Å²) >= 11 is 0. The second-order valence-corrected chi connectivity index (χ2v) is 15.8. The van der Waals surface area contributed by atoms with Crippen molar-refractivity contribution in [2.75, 3.05) is 13.2 Å². The Morgan fingerprint density at radius 1 is 1.09 bits per heavy atom. The molecule has 1 atom stereocenters. The predicted molar refractivity (Wildman–Crippen MR) is 138 cm³/mol. The summed E-state index contributed by atoms with van der Waals surface area (Å²) in [6.07, 6.45) is 5.70. The molecule has 0 fully saturated rings. The van der Waals surface area contributed by atoms with Crippen molar-refractivity contribution in [3.05, 3.63) is 54.4 Å². The Bertz CT molecular complexity index is 986. The molecular formula is C25H38NO5PSi. The molecule has 8 heteroatoms. The van der Waals surface area contributed by atoms with Gasteiger partial charge >= 0.3 is 7.60 Å². The van der Waals surface area contributed by atoms with Gasteiger partial charge in [-0.2, -0.15) is 0 Å². The van der Waals surface area contributed by atoms with Gasteiger partial charge in [0.25, 0.3) is 8.32 Å². The van der Waals surface area contributed by atoms with Crippen molar-refractivity contribution in [2.45, 2.75) is 66.1 Å². The maximum absolute atomic E-state index is 14.0. The van der Waals surface area contributed by atoms with Crippen molar-refractivity contribution in [3.8, 4) is 17.2 Å². The number of benzene rings is 1. The van der Waals surface area contributed by atoms with E-state index in [1.54, 1.807) is 25.3 Å². The molecule has 1 heterocycles. The summed E-state index contributed by atoms with van der Waals surface area (Å²) in [5.41, 5.74) is 0.712. The number of hydrogen-bond donors (Lipinski definition) is 0.